The molecule has 0 spiro atoms. The molecule has 0 saturated carbocycles. The number of aromatic nitrogens is 3. The Morgan fingerprint density at radius 1 is 1.35 bits per heavy atom. The van der Waals surface area contributed by atoms with Crippen LogP contribution in [0.4, 0.5) is 4.39 Å². The van der Waals surface area contributed by atoms with Crippen LogP contribution in [0.25, 0.3) is 11.3 Å². The van der Waals surface area contributed by atoms with Gasteiger partial charge in [-0.2, -0.15) is 0 Å². The lowest BCUT2D eigenvalue weighted by atomic mass is 10.1. The maximum atomic E-state index is 13.2. The van der Waals surface area contributed by atoms with Crippen LogP contribution in [0.5, 0.6) is 5.88 Å². The van der Waals surface area contributed by atoms with Gasteiger partial charge in [0.2, 0.25) is 5.88 Å². The second-order valence-corrected chi connectivity index (χ2v) is 3.84. The van der Waals surface area contributed by atoms with E-state index in [1.54, 1.807) is 6.07 Å². The molecular formula is C13H8FN3O3. The van der Waals surface area contributed by atoms with E-state index < -0.39 is 11.8 Å². The summed E-state index contributed by atoms with van der Waals surface area (Å²) >= 11 is 0. The molecule has 2 heterocycles. The molecule has 0 aliphatic rings. The number of nitrogens with one attached hydrogen (secondary N) is 1. The molecular weight excluding hydrogens is 265 g/mol. The first kappa shape index (κ1) is 12.1. The van der Waals surface area contributed by atoms with E-state index in [-0.39, 0.29) is 17.3 Å². The average Bonchev–Trinajstić information content (AvgIpc) is 3.09. The molecule has 1 N–H and O–H groups in total. The first-order valence-electron chi connectivity index (χ1n) is 5.65. The summed E-state index contributed by atoms with van der Waals surface area (Å²) in [5.74, 6) is -0.913. The predicted molar refractivity (Wildman–Crippen MR) is 65.4 cm³/mol. The molecule has 0 bridgehead atoms. The Hall–Kier alpha value is -2.96. The minimum Gasteiger partial charge on any atom is -0.443 e. The van der Waals surface area contributed by atoms with Crippen molar-refractivity contribution in [1.82, 2.24) is 15.2 Å². The zero-order chi connectivity index (χ0) is 13.9. The number of aromatic amines is 1. The van der Waals surface area contributed by atoms with E-state index in [9.17, 15) is 9.18 Å². The Labute approximate surface area is 112 Å². The molecule has 6 nitrogen and oxygen atoms in total. The van der Waals surface area contributed by atoms with E-state index in [1.807, 2.05) is 0 Å². The van der Waals surface area contributed by atoms with Gasteiger partial charge in [0, 0.05) is 17.8 Å². The van der Waals surface area contributed by atoms with Crippen molar-refractivity contribution in [2.75, 3.05) is 0 Å². The summed E-state index contributed by atoms with van der Waals surface area (Å²) in [5.41, 5.74) is 0.357. The van der Waals surface area contributed by atoms with Crippen molar-refractivity contribution >= 4 is 5.97 Å². The van der Waals surface area contributed by atoms with E-state index in [1.165, 1.54) is 30.5 Å². The Morgan fingerprint density at radius 3 is 3.00 bits per heavy atom. The number of carbonyl (C=O) groups is 1. The van der Waals surface area contributed by atoms with E-state index in [0.717, 1.165) is 6.39 Å². The Kier molecular flexibility index (Phi) is 3.00. The highest BCUT2D eigenvalue weighted by Gasteiger charge is 2.21. The van der Waals surface area contributed by atoms with Gasteiger partial charge in [0.05, 0.1) is 0 Å². The largest absolute Gasteiger partial charge is 0.443 e. The van der Waals surface area contributed by atoms with Gasteiger partial charge in [-0.1, -0.05) is 12.1 Å². The molecule has 0 aliphatic heterocycles. The Bertz CT molecular complexity index is 737. The van der Waals surface area contributed by atoms with Crippen LogP contribution >= 0.6 is 0 Å². The lowest BCUT2D eigenvalue weighted by Crippen LogP contribution is -2.10. The number of nitrogens with zero attached hydrogens (tertiary/aromatic N) is 2. The monoisotopic (exact) mass is 273 g/mol. The number of oxazole rings is 1. The molecule has 0 amide bonds. The van der Waals surface area contributed by atoms with Gasteiger partial charge in [0.25, 0.3) is 0 Å². The molecule has 3 aromatic rings. The summed E-state index contributed by atoms with van der Waals surface area (Å²) in [6.07, 6.45) is 2.61. The highest BCUT2D eigenvalue weighted by molar-refractivity contribution is 5.94. The summed E-state index contributed by atoms with van der Waals surface area (Å²) in [5, 5.41) is 6.21. The third-order valence-electron chi connectivity index (χ3n) is 2.52. The molecule has 0 unspecified atom stereocenters. The second-order valence-electron chi connectivity index (χ2n) is 3.84. The van der Waals surface area contributed by atoms with Crippen LogP contribution in [-0.4, -0.2) is 21.2 Å². The maximum absolute atomic E-state index is 13.2. The third kappa shape index (κ3) is 2.28. The number of rotatable bonds is 3. The van der Waals surface area contributed by atoms with Crippen LogP contribution in [0.3, 0.4) is 0 Å². The van der Waals surface area contributed by atoms with Crippen LogP contribution in [0.2, 0.25) is 0 Å². The number of hydrogen-bond acceptors (Lipinski definition) is 5. The van der Waals surface area contributed by atoms with E-state index in [2.05, 4.69) is 15.2 Å². The molecule has 0 atom stereocenters. The Balaban J connectivity index is 1.92. The smallest absolute Gasteiger partial charge is 0.367 e. The number of carbonyl (C=O) groups excluding carboxylic acids is 1. The fourth-order valence-electron chi connectivity index (χ4n) is 1.67. The van der Waals surface area contributed by atoms with E-state index in [0.29, 0.717) is 5.56 Å². The summed E-state index contributed by atoms with van der Waals surface area (Å²) < 4.78 is 23.3. The molecule has 2 aromatic heterocycles. The second kappa shape index (κ2) is 4.96. The van der Waals surface area contributed by atoms with Gasteiger partial charge in [-0.15, -0.1) is 5.10 Å². The van der Waals surface area contributed by atoms with Crippen LogP contribution < -0.4 is 4.74 Å². The molecule has 0 aliphatic carbocycles. The number of halogens is 1. The van der Waals surface area contributed by atoms with Gasteiger partial charge < -0.3 is 9.15 Å². The fraction of sp³-hybridized carbons (Fsp3) is 0. The van der Waals surface area contributed by atoms with Crippen molar-refractivity contribution in [1.29, 1.82) is 0 Å². The molecule has 0 fully saturated rings. The number of benzene rings is 1. The first-order chi connectivity index (χ1) is 9.74. The molecule has 20 heavy (non-hydrogen) atoms. The van der Waals surface area contributed by atoms with Gasteiger partial charge in [-0.25, -0.2) is 14.2 Å². The van der Waals surface area contributed by atoms with Crippen molar-refractivity contribution in [3.05, 3.63) is 54.4 Å². The van der Waals surface area contributed by atoms with Crippen molar-refractivity contribution in [2.45, 2.75) is 0 Å². The van der Waals surface area contributed by atoms with Crippen LogP contribution in [0, 0.1) is 5.82 Å². The number of hydrogen-bond donors (Lipinski definition) is 1. The summed E-state index contributed by atoms with van der Waals surface area (Å²) in [6, 6.07) is 7.14. The van der Waals surface area contributed by atoms with Gasteiger partial charge in [0.15, 0.2) is 17.8 Å². The van der Waals surface area contributed by atoms with Crippen molar-refractivity contribution in [2.24, 2.45) is 0 Å². The van der Waals surface area contributed by atoms with Gasteiger partial charge in [-0.3, -0.25) is 5.10 Å². The maximum Gasteiger partial charge on any atom is 0.367 e. The van der Waals surface area contributed by atoms with Crippen molar-refractivity contribution in [3.63, 3.8) is 0 Å². The van der Waals surface area contributed by atoms with Crippen molar-refractivity contribution < 1.29 is 18.3 Å². The lowest BCUT2D eigenvalue weighted by molar-refractivity contribution is 0.0722. The summed E-state index contributed by atoms with van der Waals surface area (Å²) in [4.78, 5) is 15.8. The van der Waals surface area contributed by atoms with E-state index >= 15 is 0 Å². The van der Waals surface area contributed by atoms with Crippen LogP contribution in [0.1, 0.15) is 10.5 Å². The van der Waals surface area contributed by atoms with Gasteiger partial charge in [-0.05, 0) is 12.1 Å². The van der Waals surface area contributed by atoms with Gasteiger partial charge >= 0.3 is 5.97 Å². The number of ether oxygens (including phenoxy) is 1. The van der Waals surface area contributed by atoms with E-state index in [4.69, 9.17) is 9.15 Å². The average molecular weight is 273 g/mol. The van der Waals surface area contributed by atoms with Gasteiger partial charge in [0.1, 0.15) is 5.82 Å². The predicted octanol–water partition coefficient (Wildman–Crippen LogP) is 2.42. The minimum atomic E-state index is -0.731. The molecule has 0 saturated heterocycles. The molecule has 7 heteroatoms. The molecule has 100 valence electrons. The highest BCUT2D eigenvalue weighted by atomic mass is 19.1. The fourth-order valence-corrected chi connectivity index (χ4v) is 1.67. The number of esters is 1. The van der Waals surface area contributed by atoms with Crippen molar-refractivity contribution in [3.8, 4) is 17.2 Å². The summed E-state index contributed by atoms with van der Waals surface area (Å²) in [7, 11) is 0. The zero-order valence-electron chi connectivity index (χ0n) is 10.0. The first-order valence-corrected chi connectivity index (χ1v) is 5.65. The minimum absolute atomic E-state index is 0.0430. The molecule has 0 radical (unpaired) electrons. The zero-order valence-corrected chi connectivity index (χ0v) is 10.0. The SMILES string of the molecule is O=C(Oc1cc[nH]n1)c1ncoc1-c1cccc(F)c1. The lowest BCUT2D eigenvalue weighted by Gasteiger charge is -2.01. The molecule has 3 rings (SSSR count). The van der Waals surface area contributed by atoms with Crippen LogP contribution in [-0.2, 0) is 0 Å². The summed E-state index contributed by atoms with van der Waals surface area (Å²) in [6.45, 7) is 0. The normalized spacial score (nSPS) is 10.4. The highest BCUT2D eigenvalue weighted by Crippen LogP contribution is 2.24. The standard InChI is InChI=1S/C13H8FN3O3/c14-9-3-1-2-8(6-9)12-11(15-7-19-12)13(18)20-10-4-5-16-17-10/h1-7H,(H,16,17). The molecule has 1 aromatic carbocycles. The quantitative estimate of drug-likeness (QED) is 0.741. The topological polar surface area (TPSA) is 81.0 Å². The Morgan fingerprint density at radius 2 is 2.25 bits per heavy atom. The number of H-pyrrole nitrogens is 1. The third-order valence-corrected chi connectivity index (χ3v) is 2.52. The van der Waals surface area contributed by atoms with Crippen LogP contribution in [0.15, 0.2) is 47.3 Å².